The number of benzene rings is 1. The fourth-order valence-corrected chi connectivity index (χ4v) is 1.22. The largest absolute Gasteiger partial charge is 0.0622 e. The zero-order valence-corrected chi connectivity index (χ0v) is 8.43. The summed E-state index contributed by atoms with van der Waals surface area (Å²) in [7, 11) is 0. The smallest absolute Gasteiger partial charge is 0.0110 e. The maximum absolute atomic E-state index is 3.06. The lowest BCUT2D eigenvalue weighted by molar-refractivity contribution is 1.59. The summed E-state index contributed by atoms with van der Waals surface area (Å²) in [5.41, 5.74) is 2.24. The molecular formula is C11H9Br. The Morgan fingerprint density at radius 2 is 2.00 bits per heavy atom. The summed E-state index contributed by atoms with van der Waals surface area (Å²) in [5, 5.41) is 0. The van der Waals surface area contributed by atoms with Crippen LogP contribution in [-0.2, 0) is 0 Å². The predicted molar refractivity (Wildman–Crippen MR) is 56.8 cm³/mol. The molecule has 0 atom stereocenters. The van der Waals surface area contributed by atoms with Crippen molar-refractivity contribution in [2.75, 3.05) is 0 Å². The summed E-state index contributed by atoms with van der Waals surface area (Å²) in [6.07, 6.45) is 2.05. The van der Waals surface area contributed by atoms with Crippen molar-refractivity contribution in [3.63, 3.8) is 0 Å². The Bertz CT molecular complexity index is 325. The first-order valence-electron chi connectivity index (χ1n) is 3.68. The van der Waals surface area contributed by atoms with E-state index in [1.165, 1.54) is 5.56 Å². The van der Waals surface area contributed by atoms with Gasteiger partial charge in [0.15, 0.2) is 0 Å². The maximum atomic E-state index is 3.06. The van der Waals surface area contributed by atoms with E-state index in [0.29, 0.717) is 0 Å². The van der Waals surface area contributed by atoms with Crippen LogP contribution in [0.1, 0.15) is 12.5 Å². The summed E-state index contributed by atoms with van der Waals surface area (Å²) < 4.78 is 0. The molecule has 0 N–H and O–H groups in total. The van der Waals surface area contributed by atoms with E-state index < -0.39 is 0 Å². The van der Waals surface area contributed by atoms with Gasteiger partial charge >= 0.3 is 0 Å². The van der Waals surface area contributed by atoms with Crippen molar-refractivity contribution in [1.82, 2.24) is 0 Å². The summed E-state index contributed by atoms with van der Waals surface area (Å²) in [6.45, 7) is 1.99. The fourth-order valence-electron chi connectivity index (χ4n) is 0.910. The van der Waals surface area contributed by atoms with Crippen molar-refractivity contribution in [2.45, 2.75) is 6.92 Å². The maximum Gasteiger partial charge on any atom is 0.0110 e. The third kappa shape index (κ3) is 2.94. The van der Waals surface area contributed by atoms with Gasteiger partial charge in [-0.05, 0) is 23.4 Å². The van der Waals surface area contributed by atoms with Gasteiger partial charge in [0.05, 0.1) is 0 Å². The van der Waals surface area contributed by atoms with Gasteiger partial charge in [0, 0.05) is 21.5 Å². The van der Waals surface area contributed by atoms with Crippen LogP contribution < -0.4 is 0 Å². The molecule has 0 unspecified atom stereocenters. The molecule has 0 aromatic heterocycles. The summed E-state index contributed by atoms with van der Waals surface area (Å²) in [6, 6.07) is 10.1. The Balaban J connectivity index is 2.86. The van der Waals surface area contributed by atoms with Crippen LogP contribution in [0, 0.1) is 10.8 Å². The lowest BCUT2D eigenvalue weighted by Gasteiger charge is -1.91. The molecule has 1 aromatic carbocycles. The van der Waals surface area contributed by atoms with Crippen LogP contribution in [0.25, 0.3) is 6.08 Å². The van der Waals surface area contributed by atoms with Crippen molar-refractivity contribution in [3.05, 3.63) is 41.5 Å². The second-order valence-corrected chi connectivity index (χ2v) is 2.85. The van der Waals surface area contributed by atoms with Crippen LogP contribution in [0.15, 0.2) is 35.9 Å². The van der Waals surface area contributed by atoms with Crippen molar-refractivity contribution >= 4 is 22.0 Å². The van der Waals surface area contributed by atoms with Crippen LogP contribution in [-0.4, -0.2) is 0 Å². The molecule has 0 aliphatic carbocycles. The summed E-state index contributed by atoms with van der Waals surface area (Å²) >= 11 is 3.06. The number of hydrogen-bond donors (Lipinski definition) is 0. The molecule has 1 aromatic rings. The van der Waals surface area contributed by atoms with E-state index in [0.717, 1.165) is 5.57 Å². The number of allylic oxidation sites excluding steroid dienone is 1. The third-order valence-electron chi connectivity index (χ3n) is 1.43. The minimum absolute atomic E-state index is 1.05. The van der Waals surface area contributed by atoms with Gasteiger partial charge in [0.25, 0.3) is 0 Å². The average molecular weight is 221 g/mol. The Kier molecular flexibility index (Phi) is 3.63. The molecule has 12 heavy (non-hydrogen) atoms. The van der Waals surface area contributed by atoms with E-state index in [2.05, 4.69) is 38.8 Å². The van der Waals surface area contributed by atoms with E-state index in [1.54, 1.807) is 0 Å². The molecule has 0 bridgehead atoms. The average Bonchev–Trinajstić information content (AvgIpc) is 2.06. The molecule has 1 heteroatoms. The Hall–Kier alpha value is -1.00. The third-order valence-corrected chi connectivity index (χ3v) is 1.63. The van der Waals surface area contributed by atoms with Gasteiger partial charge in [-0.1, -0.05) is 36.3 Å². The van der Waals surface area contributed by atoms with Gasteiger partial charge in [-0.25, -0.2) is 0 Å². The van der Waals surface area contributed by atoms with E-state index in [1.807, 2.05) is 31.2 Å². The van der Waals surface area contributed by atoms with Gasteiger partial charge < -0.3 is 0 Å². The first kappa shape index (κ1) is 9.09. The molecule has 0 heterocycles. The summed E-state index contributed by atoms with van der Waals surface area (Å²) in [5.74, 6) is 2.92. The molecular weight excluding hydrogens is 212 g/mol. The lowest BCUT2D eigenvalue weighted by atomic mass is 10.1. The molecule has 60 valence electrons. The van der Waals surface area contributed by atoms with Crippen molar-refractivity contribution in [1.29, 1.82) is 0 Å². The van der Waals surface area contributed by atoms with Gasteiger partial charge in [-0.15, -0.1) is 0 Å². The van der Waals surface area contributed by atoms with Crippen molar-refractivity contribution < 1.29 is 0 Å². The van der Waals surface area contributed by atoms with Crippen LogP contribution in [0.2, 0.25) is 0 Å². The lowest BCUT2D eigenvalue weighted by Crippen LogP contribution is -1.71. The highest BCUT2D eigenvalue weighted by molar-refractivity contribution is 9.12. The SMILES string of the molecule is C/C(C#CBr)=C\c1ccccc1. The second-order valence-electron chi connectivity index (χ2n) is 2.46. The Morgan fingerprint density at radius 3 is 2.58 bits per heavy atom. The van der Waals surface area contributed by atoms with Gasteiger partial charge in [-0.2, -0.15) is 0 Å². The molecule has 0 saturated carbocycles. The molecule has 1 rings (SSSR count). The van der Waals surface area contributed by atoms with E-state index in [-0.39, 0.29) is 0 Å². The van der Waals surface area contributed by atoms with Crippen LogP contribution >= 0.6 is 15.9 Å². The molecule has 0 saturated heterocycles. The molecule has 0 aliphatic rings. The van der Waals surface area contributed by atoms with E-state index in [4.69, 9.17) is 0 Å². The van der Waals surface area contributed by atoms with Gasteiger partial charge in [-0.3, -0.25) is 0 Å². The minimum Gasteiger partial charge on any atom is -0.0622 e. The zero-order chi connectivity index (χ0) is 8.81. The van der Waals surface area contributed by atoms with Gasteiger partial charge in [0.1, 0.15) is 0 Å². The Labute approximate surface area is 81.4 Å². The van der Waals surface area contributed by atoms with Crippen LogP contribution in [0.5, 0.6) is 0 Å². The minimum atomic E-state index is 1.05. The number of halogens is 1. The topological polar surface area (TPSA) is 0 Å². The first-order valence-corrected chi connectivity index (χ1v) is 4.47. The highest BCUT2D eigenvalue weighted by atomic mass is 79.9. The number of hydrogen-bond acceptors (Lipinski definition) is 0. The highest BCUT2D eigenvalue weighted by Gasteiger charge is 1.84. The normalized spacial score (nSPS) is 10.3. The zero-order valence-electron chi connectivity index (χ0n) is 6.84. The molecule has 0 aliphatic heterocycles. The molecule has 0 spiro atoms. The highest BCUT2D eigenvalue weighted by Crippen LogP contribution is 2.04. The van der Waals surface area contributed by atoms with Crippen LogP contribution in [0.4, 0.5) is 0 Å². The monoisotopic (exact) mass is 220 g/mol. The van der Waals surface area contributed by atoms with Crippen molar-refractivity contribution in [2.24, 2.45) is 0 Å². The summed E-state index contributed by atoms with van der Waals surface area (Å²) in [4.78, 5) is 2.68. The molecule has 0 radical (unpaired) electrons. The van der Waals surface area contributed by atoms with E-state index >= 15 is 0 Å². The van der Waals surface area contributed by atoms with Crippen LogP contribution in [0.3, 0.4) is 0 Å². The molecule has 0 amide bonds. The van der Waals surface area contributed by atoms with Gasteiger partial charge in [0.2, 0.25) is 0 Å². The predicted octanol–water partition coefficient (Wildman–Crippen LogP) is 3.45. The number of rotatable bonds is 1. The second kappa shape index (κ2) is 4.79. The molecule has 0 nitrogen and oxygen atoms in total. The fraction of sp³-hybridized carbons (Fsp3) is 0.0909. The molecule has 0 fully saturated rings. The quantitative estimate of drug-likeness (QED) is 0.637. The first-order chi connectivity index (χ1) is 5.83. The van der Waals surface area contributed by atoms with Crippen molar-refractivity contribution in [3.8, 4) is 10.8 Å². The Morgan fingerprint density at radius 1 is 1.33 bits per heavy atom. The standard InChI is InChI=1S/C11H9Br/c1-10(7-8-12)9-11-5-3-2-4-6-11/h2-6,9H,1H3/b10-9+. The van der Waals surface area contributed by atoms with E-state index in [9.17, 15) is 0 Å².